The van der Waals surface area contributed by atoms with Gasteiger partial charge in [-0.25, -0.2) is 0 Å². The zero-order valence-corrected chi connectivity index (χ0v) is 7.63. The van der Waals surface area contributed by atoms with Gasteiger partial charge < -0.3 is 9.94 Å². The quantitative estimate of drug-likeness (QED) is 0.683. The summed E-state index contributed by atoms with van der Waals surface area (Å²) in [6.45, 7) is 4.00. The van der Waals surface area contributed by atoms with E-state index in [9.17, 15) is 5.11 Å². The van der Waals surface area contributed by atoms with Crippen LogP contribution >= 0.6 is 0 Å². The Hall–Kier alpha value is -0.570. The summed E-state index contributed by atoms with van der Waals surface area (Å²) >= 11 is 0. The number of hydrogen-bond acceptors (Lipinski definition) is 3. The summed E-state index contributed by atoms with van der Waals surface area (Å²) in [7, 11) is 0. The molecule has 0 bridgehead atoms. The topological polar surface area (TPSA) is 41.8 Å². The molecule has 1 spiro atoms. The van der Waals surface area contributed by atoms with E-state index in [1.807, 2.05) is 6.92 Å². The lowest BCUT2D eigenvalue weighted by Gasteiger charge is -2.25. The van der Waals surface area contributed by atoms with Crippen molar-refractivity contribution in [1.29, 1.82) is 0 Å². The summed E-state index contributed by atoms with van der Waals surface area (Å²) in [5.41, 5.74) is 0.947. The minimum absolute atomic E-state index is 0.101. The number of aliphatic hydroxyl groups is 1. The summed E-state index contributed by atoms with van der Waals surface area (Å²) in [4.78, 5) is 5.11. The Morgan fingerprint density at radius 1 is 1.50 bits per heavy atom. The molecule has 1 heterocycles. The fraction of sp³-hybridized carbons (Fsp3) is 0.889. The average molecular weight is 169 g/mol. The minimum Gasteiger partial charge on any atom is -0.360 e. The maximum absolute atomic E-state index is 10.1. The highest BCUT2D eigenvalue weighted by molar-refractivity contribution is 5.94. The fourth-order valence-corrected chi connectivity index (χ4v) is 2.14. The van der Waals surface area contributed by atoms with Crippen LogP contribution in [0.3, 0.4) is 0 Å². The van der Waals surface area contributed by atoms with Crippen molar-refractivity contribution in [3.05, 3.63) is 0 Å². The van der Waals surface area contributed by atoms with Crippen LogP contribution in [-0.4, -0.2) is 16.6 Å². The fourth-order valence-electron chi connectivity index (χ4n) is 2.14. The highest BCUT2D eigenvalue weighted by Gasteiger charge is 2.66. The highest BCUT2D eigenvalue weighted by atomic mass is 16.7. The predicted molar refractivity (Wildman–Crippen MR) is 45.7 cm³/mol. The van der Waals surface area contributed by atoms with E-state index < -0.39 is 5.79 Å². The Balaban J connectivity index is 2.27. The third-order valence-electron chi connectivity index (χ3n) is 3.17. The third kappa shape index (κ3) is 0.724. The second-order valence-corrected chi connectivity index (χ2v) is 3.70. The Morgan fingerprint density at radius 3 is 2.58 bits per heavy atom. The molecule has 1 atom stereocenters. The first-order valence-electron chi connectivity index (χ1n) is 4.66. The Bertz CT molecular complexity index is 233. The first-order chi connectivity index (χ1) is 5.68. The number of nitrogens with zero attached hydrogens (tertiary/aromatic N) is 1. The van der Waals surface area contributed by atoms with Crippen molar-refractivity contribution < 1.29 is 9.94 Å². The van der Waals surface area contributed by atoms with Gasteiger partial charge in [-0.1, -0.05) is 19.0 Å². The van der Waals surface area contributed by atoms with Gasteiger partial charge in [0.1, 0.15) is 0 Å². The smallest absolute Gasteiger partial charge is 0.245 e. The van der Waals surface area contributed by atoms with Crippen molar-refractivity contribution in [3.8, 4) is 0 Å². The van der Waals surface area contributed by atoms with Crippen molar-refractivity contribution in [2.24, 2.45) is 10.6 Å². The molecule has 0 amide bonds. The van der Waals surface area contributed by atoms with Crippen LogP contribution < -0.4 is 0 Å². The van der Waals surface area contributed by atoms with Crippen molar-refractivity contribution in [1.82, 2.24) is 0 Å². The molecular formula is C9H15NO2. The van der Waals surface area contributed by atoms with Crippen molar-refractivity contribution in [3.63, 3.8) is 0 Å². The second-order valence-electron chi connectivity index (χ2n) is 3.70. The van der Waals surface area contributed by atoms with E-state index in [-0.39, 0.29) is 5.41 Å². The van der Waals surface area contributed by atoms with Crippen molar-refractivity contribution >= 4 is 5.71 Å². The first-order valence-corrected chi connectivity index (χ1v) is 4.66. The van der Waals surface area contributed by atoms with E-state index in [2.05, 4.69) is 12.1 Å². The van der Waals surface area contributed by atoms with Crippen molar-refractivity contribution in [2.45, 2.75) is 45.3 Å². The van der Waals surface area contributed by atoms with Crippen LogP contribution in [0.15, 0.2) is 5.16 Å². The van der Waals surface area contributed by atoms with Gasteiger partial charge in [0.25, 0.3) is 0 Å². The molecule has 0 saturated heterocycles. The molecule has 1 N–H and O–H groups in total. The molecule has 12 heavy (non-hydrogen) atoms. The Morgan fingerprint density at radius 2 is 2.17 bits per heavy atom. The summed E-state index contributed by atoms with van der Waals surface area (Å²) in [5, 5.41) is 14.0. The van der Waals surface area contributed by atoms with Crippen LogP contribution in [0.1, 0.15) is 39.5 Å². The molecular weight excluding hydrogens is 154 g/mol. The van der Waals surface area contributed by atoms with Gasteiger partial charge in [0.05, 0.1) is 11.1 Å². The van der Waals surface area contributed by atoms with Gasteiger partial charge in [-0.05, 0) is 19.3 Å². The molecule has 3 heteroatoms. The number of hydrogen-bond donors (Lipinski definition) is 1. The lowest BCUT2D eigenvalue weighted by molar-refractivity contribution is -0.216. The standard InChI is InChI=1S/C9H15NO2/c1-3-7-8(5-6-8)9(11,4-2)12-10-7/h11H,3-6H2,1-2H3/t9-/m0/s1. The monoisotopic (exact) mass is 169 g/mol. The number of rotatable bonds is 2. The van der Waals surface area contributed by atoms with Gasteiger partial charge in [0, 0.05) is 6.42 Å². The normalized spacial score (nSPS) is 36.4. The van der Waals surface area contributed by atoms with Crippen LogP contribution in [0.2, 0.25) is 0 Å². The molecule has 0 radical (unpaired) electrons. The molecule has 0 aromatic rings. The zero-order chi connectivity index (χ0) is 8.82. The number of oxime groups is 1. The summed E-state index contributed by atoms with van der Waals surface area (Å²) in [6, 6.07) is 0. The maximum atomic E-state index is 10.1. The Labute approximate surface area is 72.4 Å². The van der Waals surface area contributed by atoms with Crippen LogP contribution in [0, 0.1) is 5.41 Å². The van der Waals surface area contributed by atoms with Crippen LogP contribution in [-0.2, 0) is 4.84 Å². The minimum atomic E-state index is -0.988. The van der Waals surface area contributed by atoms with Gasteiger partial charge in [-0.2, -0.15) is 0 Å². The van der Waals surface area contributed by atoms with E-state index in [1.165, 1.54) is 0 Å². The highest BCUT2D eigenvalue weighted by Crippen LogP contribution is 2.60. The molecule has 68 valence electrons. The van der Waals surface area contributed by atoms with Crippen LogP contribution in [0.4, 0.5) is 0 Å². The first kappa shape index (κ1) is 8.05. The molecule has 1 aliphatic carbocycles. The molecule has 2 rings (SSSR count). The van der Waals surface area contributed by atoms with E-state index in [4.69, 9.17) is 4.84 Å². The van der Waals surface area contributed by atoms with Gasteiger partial charge in [0.2, 0.25) is 5.79 Å². The van der Waals surface area contributed by atoms with Gasteiger partial charge in [-0.15, -0.1) is 0 Å². The molecule has 1 aliphatic heterocycles. The largest absolute Gasteiger partial charge is 0.360 e. The molecule has 0 unspecified atom stereocenters. The Kier molecular flexibility index (Phi) is 1.49. The van der Waals surface area contributed by atoms with E-state index in [1.54, 1.807) is 0 Å². The molecule has 3 nitrogen and oxygen atoms in total. The van der Waals surface area contributed by atoms with E-state index in [0.717, 1.165) is 25.0 Å². The van der Waals surface area contributed by atoms with Crippen molar-refractivity contribution in [2.75, 3.05) is 0 Å². The van der Waals surface area contributed by atoms with Gasteiger partial charge in [-0.3, -0.25) is 0 Å². The van der Waals surface area contributed by atoms with E-state index in [0.29, 0.717) is 6.42 Å². The average Bonchev–Trinajstić information content (AvgIpc) is 2.81. The molecule has 0 aromatic carbocycles. The van der Waals surface area contributed by atoms with Crippen LogP contribution in [0.5, 0.6) is 0 Å². The van der Waals surface area contributed by atoms with Gasteiger partial charge >= 0.3 is 0 Å². The van der Waals surface area contributed by atoms with Gasteiger partial charge in [0.15, 0.2) is 0 Å². The lowest BCUT2D eigenvalue weighted by Crippen LogP contribution is -2.39. The zero-order valence-electron chi connectivity index (χ0n) is 7.63. The summed E-state index contributed by atoms with van der Waals surface area (Å²) in [5.74, 6) is -0.988. The molecule has 2 aliphatic rings. The second kappa shape index (κ2) is 2.22. The summed E-state index contributed by atoms with van der Waals surface area (Å²) < 4.78 is 0. The van der Waals surface area contributed by atoms with Crippen LogP contribution in [0.25, 0.3) is 0 Å². The molecule has 1 fully saturated rings. The molecule has 0 aromatic heterocycles. The summed E-state index contributed by atoms with van der Waals surface area (Å²) in [6.07, 6.45) is 3.58. The SMILES string of the molecule is CCC1=NO[C@@](O)(CC)C12CC2. The molecule has 1 saturated carbocycles. The maximum Gasteiger partial charge on any atom is 0.245 e. The lowest BCUT2D eigenvalue weighted by atomic mass is 9.87. The van der Waals surface area contributed by atoms with E-state index >= 15 is 0 Å². The predicted octanol–water partition coefficient (Wildman–Crippen LogP) is 1.66. The third-order valence-corrected chi connectivity index (χ3v) is 3.17.